The topological polar surface area (TPSA) is 102 Å². The number of thiazole rings is 1. The molecule has 2 aromatic rings. The van der Waals surface area contributed by atoms with E-state index < -0.39 is 9.84 Å². The van der Waals surface area contributed by atoms with Crippen molar-refractivity contribution in [1.29, 1.82) is 0 Å². The van der Waals surface area contributed by atoms with Crippen molar-refractivity contribution in [2.45, 2.75) is 5.16 Å². The molecule has 0 unspecified atom stereocenters. The summed E-state index contributed by atoms with van der Waals surface area (Å²) in [6, 6.07) is 0. The molecule has 2 rings (SSSR count). The second kappa shape index (κ2) is 5.99. The van der Waals surface area contributed by atoms with Crippen LogP contribution in [0.15, 0.2) is 22.9 Å². The van der Waals surface area contributed by atoms with E-state index in [4.69, 9.17) is 6.42 Å². The van der Waals surface area contributed by atoms with Crippen LogP contribution in [0.5, 0.6) is 0 Å². The number of nitrogens with zero attached hydrogens (tertiary/aromatic N) is 3. The van der Waals surface area contributed by atoms with E-state index in [0.717, 1.165) is 6.26 Å². The molecule has 0 fully saturated rings. The first-order valence-electron chi connectivity index (χ1n) is 5.61. The van der Waals surface area contributed by atoms with Crippen molar-refractivity contribution in [3.05, 3.63) is 23.5 Å². The van der Waals surface area contributed by atoms with E-state index in [2.05, 4.69) is 26.2 Å². The second-order valence-electron chi connectivity index (χ2n) is 3.95. The predicted molar refractivity (Wildman–Crippen MR) is 77.4 cm³/mol. The molecule has 108 valence electrons. The van der Waals surface area contributed by atoms with Crippen LogP contribution in [0.2, 0.25) is 0 Å². The number of amides is 1. The number of aromatic nitrogens is 3. The first kappa shape index (κ1) is 15.1. The van der Waals surface area contributed by atoms with E-state index in [9.17, 15) is 13.2 Å². The van der Waals surface area contributed by atoms with E-state index in [1.54, 1.807) is 5.38 Å². The average Bonchev–Trinajstić information content (AvgIpc) is 2.94. The molecule has 0 aromatic carbocycles. The SMILES string of the molecule is C#CCNC(=O)c1csc(-c2cnc(S(C)(=O)=O)nc2)n1. The molecule has 9 heteroatoms. The Kier molecular flexibility index (Phi) is 4.30. The zero-order chi connectivity index (χ0) is 15.5. The van der Waals surface area contributed by atoms with Crippen LogP contribution in [0.1, 0.15) is 10.5 Å². The first-order valence-corrected chi connectivity index (χ1v) is 8.38. The molecule has 0 bridgehead atoms. The van der Waals surface area contributed by atoms with Gasteiger partial charge in [-0.25, -0.2) is 23.4 Å². The fourth-order valence-electron chi connectivity index (χ4n) is 1.35. The minimum absolute atomic E-state index is 0.123. The number of carbonyl (C=O) groups excluding carboxylic acids is 1. The molecular weight excluding hydrogens is 312 g/mol. The van der Waals surface area contributed by atoms with Crippen molar-refractivity contribution >= 4 is 27.1 Å². The molecule has 0 aliphatic heterocycles. The normalized spacial score (nSPS) is 10.9. The number of hydrogen-bond acceptors (Lipinski definition) is 7. The minimum Gasteiger partial charge on any atom is -0.340 e. The summed E-state index contributed by atoms with van der Waals surface area (Å²) in [6.07, 6.45) is 8.78. The summed E-state index contributed by atoms with van der Waals surface area (Å²) in [5.41, 5.74) is 0.765. The maximum Gasteiger partial charge on any atom is 0.271 e. The quantitative estimate of drug-likeness (QED) is 0.644. The third-order valence-corrected chi connectivity index (χ3v) is 4.06. The predicted octanol–water partition coefficient (Wildman–Crippen LogP) is 0.367. The highest BCUT2D eigenvalue weighted by Crippen LogP contribution is 2.22. The molecule has 0 aliphatic rings. The lowest BCUT2D eigenvalue weighted by atomic mass is 10.3. The molecule has 1 amide bonds. The fraction of sp³-hybridized carbons (Fsp3) is 0.167. The monoisotopic (exact) mass is 322 g/mol. The van der Waals surface area contributed by atoms with Gasteiger partial charge in [0.2, 0.25) is 15.0 Å². The van der Waals surface area contributed by atoms with E-state index in [-0.39, 0.29) is 23.3 Å². The minimum atomic E-state index is -3.44. The molecule has 0 radical (unpaired) electrons. The molecule has 0 saturated carbocycles. The van der Waals surface area contributed by atoms with Crippen molar-refractivity contribution < 1.29 is 13.2 Å². The van der Waals surface area contributed by atoms with Gasteiger partial charge in [-0.3, -0.25) is 4.79 Å². The van der Waals surface area contributed by atoms with Gasteiger partial charge < -0.3 is 5.32 Å². The van der Waals surface area contributed by atoms with Gasteiger partial charge in [0.25, 0.3) is 5.91 Å². The smallest absolute Gasteiger partial charge is 0.271 e. The number of nitrogens with one attached hydrogen (secondary N) is 1. The Labute approximate surface area is 125 Å². The zero-order valence-corrected chi connectivity index (χ0v) is 12.5. The maximum absolute atomic E-state index is 11.7. The maximum atomic E-state index is 11.7. The van der Waals surface area contributed by atoms with Gasteiger partial charge >= 0.3 is 0 Å². The fourth-order valence-corrected chi connectivity index (χ4v) is 2.61. The Balaban J connectivity index is 2.22. The lowest BCUT2D eigenvalue weighted by molar-refractivity contribution is 0.0954. The van der Waals surface area contributed by atoms with E-state index in [1.165, 1.54) is 23.7 Å². The van der Waals surface area contributed by atoms with Crippen molar-refractivity contribution in [3.63, 3.8) is 0 Å². The Morgan fingerprint density at radius 1 is 1.43 bits per heavy atom. The van der Waals surface area contributed by atoms with Crippen LogP contribution in [-0.4, -0.2) is 42.1 Å². The molecule has 0 atom stereocenters. The standard InChI is InChI=1S/C12H10N4O3S2/c1-3-4-13-10(17)9-7-20-11(16-9)8-5-14-12(15-6-8)21(2,18)19/h1,5-7H,4H2,2H3,(H,13,17). The number of hydrogen-bond donors (Lipinski definition) is 1. The summed E-state index contributed by atoms with van der Waals surface area (Å²) in [5.74, 6) is 1.92. The van der Waals surface area contributed by atoms with Crippen LogP contribution >= 0.6 is 11.3 Å². The lowest BCUT2D eigenvalue weighted by Gasteiger charge is -1.98. The second-order valence-corrected chi connectivity index (χ2v) is 6.72. The van der Waals surface area contributed by atoms with Crippen molar-refractivity contribution in [2.24, 2.45) is 0 Å². The van der Waals surface area contributed by atoms with Crippen LogP contribution in [0, 0.1) is 12.3 Å². The third kappa shape index (κ3) is 3.62. The molecule has 1 N–H and O–H groups in total. The number of rotatable bonds is 4. The van der Waals surface area contributed by atoms with Gasteiger partial charge in [-0.15, -0.1) is 17.8 Å². The Bertz CT molecular complexity index is 804. The third-order valence-electron chi connectivity index (χ3n) is 2.29. The highest BCUT2D eigenvalue weighted by molar-refractivity contribution is 7.90. The summed E-state index contributed by atoms with van der Waals surface area (Å²) in [6.45, 7) is 0.123. The molecule has 7 nitrogen and oxygen atoms in total. The van der Waals surface area contributed by atoms with Crippen LogP contribution in [-0.2, 0) is 9.84 Å². The zero-order valence-electron chi connectivity index (χ0n) is 10.9. The van der Waals surface area contributed by atoms with Gasteiger partial charge in [0.05, 0.1) is 6.54 Å². The molecule has 2 heterocycles. The van der Waals surface area contributed by atoms with Crippen molar-refractivity contribution in [2.75, 3.05) is 12.8 Å². The van der Waals surface area contributed by atoms with Crippen molar-refractivity contribution in [3.8, 4) is 22.9 Å². The first-order chi connectivity index (χ1) is 9.91. The van der Waals surface area contributed by atoms with Gasteiger partial charge in [-0.2, -0.15) is 0 Å². The van der Waals surface area contributed by atoms with Gasteiger partial charge in [0.1, 0.15) is 10.7 Å². The van der Waals surface area contributed by atoms with Crippen LogP contribution in [0.4, 0.5) is 0 Å². The summed E-state index contributed by atoms with van der Waals surface area (Å²) in [7, 11) is -3.44. The van der Waals surface area contributed by atoms with Gasteiger partial charge in [-0.05, 0) is 0 Å². The molecule has 21 heavy (non-hydrogen) atoms. The van der Waals surface area contributed by atoms with E-state index >= 15 is 0 Å². The largest absolute Gasteiger partial charge is 0.340 e. The van der Waals surface area contributed by atoms with Gasteiger partial charge in [0, 0.05) is 29.6 Å². The van der Waals surface area contributed by atoms with Crippen LogP contribution < -0.4 is 5.32 Å². The number of carbonyl (C=O) groups is 1. The Hall–Kier alpha value is -2.31. The Morgan fingerprint density at radius 2 is 2.10 bits per heavy atom. The molecule has 0 saturated heterocycles. The number of sulfone groups is 1. The summed E-state index contributed by atoms with van der Waals surface area (Å²) >= 11 is 1.22. The van der Waals surface area contributed by atoms with E-state index in [0.29, 0.717) is 10.6 Å². The highest BCUT2D eigenvalue weighted by atomic mass is 32.2. The van der Waals surface area contributed by atoms with Crippen LogP contribution in [0.25, 0.3) is 10.6 Å². The molecule has 0 aliphatic carbocycles. The summed E-state index contributed by atoms with van der Waals surface area (Å²) in [4.78, 5) is 23.3. The lowest BCUT2D eigenvalue weighted by Crippen LogP contribution is -2.23. The number of terminal acetylenes is 1. The van der Waals surface area contributed by atoms with Gasteiger partial charge in [-0.1, -0.05) is 5.92 Å². The molecular formula is C12H10N4O3S2. The molecule has 2 aromatic heterocycles. The van der Waals surface area contributed by atoms with E-state index in [1.807, 2.05) is 0 Å². The summed E-state index contributed by atoms with van der Waals surface area (Å²) in [5, 5.41) is 4.34. The molecule has 0 spiro atoms. The summed E-state index contributed by atoms with van der Waals surface area (Å²) < 4.78 is 22.5. The Morgan fingerprint density at radius 3 is 2.67 bits per heavy atom. The van der Waals surface area contributed by atoms with Gasteiger partial charge in [0.15, 0.2) is 0 Å². The highest BCUT2D eigenvalue weighted by Gasteiger charge is 2.14. The average molecular weight is 322 g/mol. The van der Waals surface area contributed by atoms with Crippen LogP contribution in [0.3, 0.4) is 0 Å². The van der Waals surface area contributed by atoms with Crippen molar-refractivity contribution in [1.82, 2.24) is 20.3 Å².